The molecular formula is C17H21N3O. The topological polar surface area (TPSA) is 54.0 Å². The van der Waals surface area contributed by atoms with E-state index in [0.29, 0.717) is 12.1 Å². The number of nitrogens with one attached hydrogen (secondary N) is 2. The number of carbonyl (C=O) groups excluding carboxylic acids is 1. The lowest BCUT2D eigenvalue weighted by molar-refractivity contribution is 0.0952. The predicted octanol–water partition coefficient (Wildman–Crippen LogP) is 3.05. The minimum atomic E-state index is -0.0955. The van der Waals surface area contributed by atoms with Gasteiger partial charge in [-0.05, 0) is 24.5 Å². The van der Waals surface area contributed by atoms with E-state index in [1.807, 2.05) is 31.2 Å². The molecule has 2 aromatic rings. The van der Waals surface area contributed by atoms with Gasteiger partial charge in [-0.2, -0.15) is 0 Å². The Labute approximate surface area is 125 Å². The molecule has 0 saturated heterocycles. The lowest BCUT2D eigenvalue weighted by atomic mass is 10.0. The molecule has 2 rings (SSSR count). The van der Waals surface area contributed by atoms with E-state index >= 15 is 0 Å². The normalized spacial score (nSPS) is 11.7. The molecule has 4 heteroatoms. The Balaban J connectivity index is 1.99. The number of benzene rings is 1. The molecule has 1 atom stereocenters. The van der Waals surface area contributed by atoms with Crippen LogP contribution in [-0.4, -0.2) is 24.0 Å². The summed E-state index contributed by atoms with van der Waals surface area (Å²) in [4.78, 5) is 16.3. The van der Waals surface area contributed by atoms with Gasteiger partial charge in [-0.1, -0.05) is 37.3 Å². The highest BCUT2D eigenvalue weighted by atomic mass is 16.1. The van der Waals surface area contributed by atoms with E-state index in [4.69, 9.17) is 0 Å². The number of carbonyl (C=O) groups is 1. The number of nitrogens with zero attached hydrogens (tertiary/aromatic N) is 1. The molecule has 1 unspecified atom stereocenters. The van der Waals surface area contributed by atoms with Crippen LogP contribution < -0.4 is 10.6 Å². The predicted molar refractivity (Wildman–Crippen MR) is 85.6 cm³/mol. The van der Waals surface area contributed by atoms with Crippen molar-refractivity contribution < 1.29 is 4.79 Å². The summed E-state index contributed by atoms with van der Waals surface area (Å²) in [7, 11) is 0. The molecule has 0 saturated carbocycles. The van der Waals surface area contributed by atoms with Gasteiger partial charge in [0.25, 0.3) is 5.91 Å². The number of pyridine rings is 1. The Hall–Kier alpha value is -2.36. The molecule has 0 bridgehead atoms. The van der Waals surface area contributed by atoms with E-state index in [1.54, 1.807) is 12.4 Å². The molecule has 0 spiro atoms. The van der Waals surface area contributed by atoms with Gasteiger partial charge in [0, 0.05) is 25.5 Å². The molecule has 0 radical (unpaired) electrons. The highest BCUT2D eigenvalue weighted by molar-refractivity contribution is 5.99. The molecule has 0 aliphatic heterocycles. The van der Waals surface area contributed by atoms with Gasteiger partial charge >= 0.3 is 0 Å². The van der Waals surface area contributed by atoms with Gasteiger partial charge in [-0.25, -0.2) is 0 Å². The first kappa shape index (κ1) is 15.0. The number of aromatic nitrogens is 1. The smallest absolute Gasteiger partial charge is 0.254 e. The minimum Gasteiger partial charge on any atom is -0.385 e. The number of rotatable bonds is 6. The van der Waals surface area contributed by atoms with Crippen molar-refractivity contribution in [2.75, 3.05) is 18.4 Å². The molecule has 0 aliphatic rings. The van der Waals surface area contributed by atoms with Crippen molar-refractivity contribution in [3.05, 3.63) is 59.9 Å². The Bertz CT molecular complexity index is 584. The number of amides is 1. The van der Waals surface area contributed by atoms with E-state index in [1.165, 1.54) is 5.56 Å². The van der Waals surface area contributed by atoms with E-state index < -0.39 is 0 Å². The fraction of sp³-hybridized carbons (Fsp3) is 0.294. The van der Waals surface area contributed by atoms with Crippen LogP contribution in [0.25, 0.3) is 0 Å². The molecule has 1 aromatic carbocycles. The average molecular weight is 283 g/mol. The summed E-state index contributed by atoms with van der Waals surface area (Å²) in [5.74, 6) is 0.177. The molecule has 1 amide bonds. The quantitative estimate of drug-likeness (QED) is 0.856. The van der Waals surface area contributed by atoms with Gasteiger partial charge in [0.05, 0.1) is 11.3 Å². The van der Waals surface area contributed by atoms with Crippen LogP contribution in [0.15, 0.2) is 48.8 Å². The van der Waals surface area contributed by atoms with Crippen molar-refractivity contribution in [2.24, 2.45) is 0 Å². The van der Waals surface area contributed by atoms with E-state index in [9.17, 15) is 4.79 Å². The van der Waals surface area contributed by atoms with Gasteiger partial charge in [0.1, 0.15) is 0 Å². The summed E-state index contributed by atoms with van der Waals surface area (Å²) >= 11 is 0. The molecule has 1 aromatic heterocycles. The molecular weight excluding hydrogens is 262 g/mol. The summed E-state index contributed by atoms with van der Waals surface area (Å²) in [6, 6.07) is 12.0. The maximum absolute atomic E-state index is 12.3. The summed E-state index contributed by atoms with van der Waals surface area (Å²) in [6.07, 6.45) is 3.28. The molecule has 21 heavy (non-hydrogen) atoms. The van der Waals surface area contributed by atoms with Gasteiger partial charge in [-0.3, -0.25) is 9.78 Å². The summed E-state index contributed by atoms with van der Waals surface area (Å²) in [5, 5.41) is 6.15. The minimum absolute atomic E-state index is 0.0955. The van der Waals surface area contributed by atoms with E-state index in [-0.39, 0.29) is 11.8 Å². The van der Waals surface area contributed by atoms with Crippen molar-refractivity contribution in [2.45, 2.75) is 19.8 Å². The largest absolute Gasteiger partial charge is 0.385 e. The maximum atomic E-state index is 12.3. The van der Waals surface area contributed by atoms with Crippen molar-refractivity contribution in [1.82, 2.24) is 10.3 Å². The Morgan fingerprint density at radius 3 is 2.71 bits per heavy atom. The molecule has 4 nitrogen and oxygen atoms in total. The van der Waals surface area contributed by atoms with Crippen LogP contribution in [0.5, 0.6) is 0 Å². The molecule has 0 fully saturated rings. The molecule has 0 aliphatic carbocycles. The number of hydrogen-bond donors (Lipinski definition) is 2. The summed E-state index contributed by atoms with van der Waals surface area (Å²) < 4.78 is 0. The maximum Gasteiger partial charge on any atom is 0.254 e. The summed E-state index contributed by atoms with van der Waals surface area (Å²) in [6.45, 7) is 5.47. The second-order valence-electron chi connectivity index (χ2n) is 4.97. The van der Waals surface area contributed by atoms with E-state index in [0.717, 1.165) is 12.2 Å². The Kier molecular flexibility index (Phi) is 5.32. The highest BCUT2D eigenvalue weighted by Crippen LogP contribution is 2.15. The first-order valence-electron chi connectivity index (χ1n) is 7.23. The molecule has 1 heterocycles. The lowest BCUT2D eigenvalue weighted by Gasteiger charge is -2.14. The third-order valence-electron chi connectivity index (χ3n) is 3.37. The van der Waals surface area contributed by atoms with Gasteiger partial charge < -0.3 is 10.6 Å². The van der Waals surface area contributed by atoms with E-state index in [2.05, 4.69) is 34.7 Å². The third-order valence-corrected chi connectivity index (χ3v) is 3.37. The van der Waals surface area contributed by atoms with Crippen molar-refractivity contribution >= 4 is 11.6 Å². The number of anilines is 1. The summed E-state index contributed by atoms with van der Waals surface area (Å²) in [5.41, 5.74) is 2.62. The fourth-order valence-corrected chi connectivity index (χ4v) is 2.16. The SMILES string of the molecule is CCNc1ccncc1C(=O)NCC(C)c1ccccc1. The van der Waals surface area contributed by atoms with Crippen LogP contribution in [0.3, 0.4) is 0 Å². The average Bonchev–Trinajstić information content (AvgIpc) is 2.54. The highest BCUT2D eigenvalue weighted by Gasteiger charge is 2.12. The molecule has 2 N–H and O–H groups in total. The van der Waals surface area contributed by atoms with Crippen LogP contribution in [0.1, 0.15) is 35.7 Å². The van der Waals surface area contributed by atoms with Crippen molar-refractivity contribution in [3.63, 3.8) is 0 Å². The second kappa shape index (κ2) is 7.43. The third kappa shape index (κ3) is 4.05. The Morgan fingerprint density at radius 1 is 1.24 bits per heavy atom. The van der Waals surface area contributed by atoms with Crippen molar-refractivity contribution in [3.8, 4) is 0 Å². The van der Waals surface area contributed by atoms with Crippen LogP contribution in [0.2, 0.25) is 0 Å². The number of hydrogen-bond acceptors (Lipinski definition) is 3. The monoisotopic (exact) mass is 283 g/mol. The molecule has 110 valence electrons. The first-order chi connectivity index (χ1) is 10.2. The lowest BCUT2D eigenvalue weighted by Crippen LogP contribution is -2.28. The zero-order valence-corrected chi connectivity index (χ0v) is 12.5. The van der Waals surface area contributed by atoms with Crippen LogP contribution in [0, 0.1) is 0 Å². The fourth-order valence-electron chi connectivity index (χ4n) is 2.16. The zero-order chi connectivity index (χ0) is 15.1. The van der Waals surface area contributed by atoms with Gasteiger partial charge in [0.2, 0.25) is 0 Å². The van der Waals surface area contributed by atoms with Crippen LogP contribution in [0.4, 0.5) is 5.69 Å². The van der Waals surface area contributed by atoms with Crippen LogP contribution >= 0.6 is 0 Å². The Morgan fingerprint density at radius 2 is 2.00 bits per heavy atom. The first-order valence-corrected chi connectivity index (χ1v) is 7.23. The zero-order valence-electron chi connectivity index (χ0n) is 12.5. The second-order valence-corrected chi connectivity index (χ2v) is 4.97. The van der Waals surface area contributed by atoms with Crippen LogP contribution in [-0.2, 0) is 0 Å². The van der Waals surface area contributed by atoms with Crippen molar-refractivity contribution in [1.29, 1.82) is 0 Å². The van der Waals surface area contributed by atoms with Gasteiger partial charge in [-0.15, -0.1) is 0 Å². The standard InChI is InChI=1S/C17H21N3O/c1-3-19-16-9-10-18-12-15(16)17(21)20-11-13(2)14-7-5-4-6-8-14/h4-10,12-13H,3,11H2,1-2H3,(H,18,19)(H,20,21). The van der Waals surface area contributed by atoms with Gasteiger partial charge in [0.15, 0.2) is 0 Å².